The minimum atomic E-state index is -0.336. The van der Waals surface area contributed by atoms with E-state index in [-0.39, 0.29) is 11.6 Å². The van der Waals surface area contributed by atoms with E-state index in [0.717, 1.165) is 12.8 Å². The predicted octanol–water partition coefficient (Wildman–Crippen LogP) is 1.57. The Morgan fingerprint density at radius 2 is 2.00 bits per heavy atom. The lowest BCUT2D eigenvalue weighted by molar-refractivity contribution is -0.0535. The fourth-order valence-electron chi connectivity index (χ4n) is 0.967. The molecule has 1 aliphatic rings. The highest BCUT2D eigenvalue weighted by Gasteiger charge is 2.20. The molecule has 4 nitrogen and oxygen atoms in total. The maximum Gasteiger partial charge on any atom is 0.338 e. The molecule has 0 radical (unpaired) electrons. The monoisotopic (exact) mass is 186 g/mol. The molecule has 0 unspecified atom stereocenters. The average molecular weight is 186 g/mol. The summed E-state index contributed by atoms with van der Waals surface area (Å²) >= 11 is 0. The van der Waals surface area contributed by atoms with Crippen LogP contribution in [-0.4, -0.2) is 17.7 Å². The van der Waals surface area contributed by atoms with E-state index in [9.17, 15) is 4.79 Å². The Balaban J connectivity index is 2.10. The third-order valence-electron chi connectivity index (χ3n) is 1.89. The van der Waals surface area contributed by atoms with E-state index in [1.807, 2.05) is 20.8 Å². The highest BCUT2D eigenvalue weighted by molar-refractivity contribution is 5.73. The van der Waals surface area contributed by atoms with Crippen molar-refractivity contribution in [3.05, 3.63) is 0 Å². The van der Waals surface area contributed by atoms with Crippen LogP contribution in [0, 0.1) is 0 Å². The highest BCUT2D eigenvalue weighted by atomic mass is 16.7. The maximum absolute atomic E-state index is 11.1. The minimum absolute atomic E-state index is 0.236. The van der Waals surface area contributed by atoms with Crippen molar-refractivity contribution in [2.75, 3.05) is 0 Å². The Labute approximate surface area is 79.0 Å². The molecule has 0 heterocycles. The van der Waals surface area contributed by atoms with Gasteiger partial charge in [0, 0.05) is 6.04 Å². The van der Waals surface area contributed by atoms with Crippen molar-refractivity contribution < 1.29 is 9.63 Å². The molecular formula is C9H18N2O2. The van der Waals surface area contributed by atoms with Gasteiger partial charge in [-0.15, -0.1) is 0 Å². The Hall–Kier alpha value is -0.770. The SMILES string of the molecule is CC(C)(C)ONC(=O)NC1CCC1. The van der Waals surface area contributed by atoms with E-state index in [1.54, 1.807) is 0 Å². The molecule has 1 aliphatic carbocycles. The predicted molar refractivity (Wildman–Crippen MR) is 50.1 cm³/mol. The van der Waals surface area contributed by atoms with Gasteiger partial charge >= 0.3 is 6.03 Å². The highest BCUT2D eigenvalue weighted by Crippen LogP contribution is 2.17. The van der Waals surface area contributed by atoms with Crippen LogP contribution in [0.3, 0.4) is 0 Å². The lowest BCUT2D eigenvalue weighted by Crippen LogP contribution is -2.47. The van der Waals surface area contributed by atoms with Gasteiger partial charge < -0.3 is 5.32 Å². The summed E-state index contributed by atoms with van der Waals surface area (Å²) in [5.41, 5.74) is 2.04. The third-order valence-corrected chi connectivity index (χ3v) is 1.89. The first-order valence-electron chi connectivity index (χ1n) is 4.72. The molecule has 0 bridgehead atoms. The van der Waals surface area contributed by atoms with E-state index in [0.29, 0.717) is 6.04 Å². The Morgan fingerprint density at radius 3 is 2.38 bits per heavy atom. The van der Waals surface area contributed by atoms with E-state index in [1.165, 1.54) is 6.42 Å². The molecule has 2 amide bonds. The lowest BCUT2D eigenvalue weighted by Gasteiger charge is -2.27. The second kappa shape index (κ2) is 3.96. The molecule has 1 fully saturated rings. The van der Waals surface area contributed by atoms with Crippen molar-refractivity contribution in [2.45, 2.75) is 51.7 Å². The lowest BCUT2D eigenvalue weighted by atomic mass is 9.93. The molecule has 0 aromatic carbocycles. The molecule has 0 atom stereocenters. The summed E-state index contributed by atoms with van der Waals surface area (Å²) in [6, 6.07) is 0.114. The van der Waals surface area contributed by atoms with Gasteiger partial charge in [-0.3, -0.25) is 4.84 Å². The van der Waals surface area contributed by atoms with Crippen LogP contribution in [0.15, 0.2) is 0 Å². The van der Waals surface area contributed by atoms with E-state index in [4.69, 9.17) is 4.84 Å². The fraction of sp³-hybridized carbons (Fsp3) is 0.889. The second-order valence-corrected chi connectivity index (χ2v) is 4.42. The fourth-order valence-corrected chi connectivity index (χ4v) is 0.967. The summed E-state index contributed by atoms with van der Waals surface area (Å²) in [4.78, 5) is 16.2. The van der Waals surface area contributed by atoms with Crippen molar-refractivity contribution in [1.29, 1.82) is 0 Å². The van der Waals surface area contributed by atoms with Gasteiger partial charge in [0.05, 0.1) is 5.60 Å². The van der Waals surface area contributed by atoms with Crippen LogP contribution < -0.4 is 10.8 Å². The molecule has 13 heavy (non-hydrogen) atoms. The molecular weight excluding hydrogens is 168 g/mol. The summed E-state index contributed by atoms with van der Waals surface area (Å²) < 4.78 is 0. The molecule has 4 heteroatoms. The van der Waals surface area contributed by atoms with Gasteiger partial charge in [0.1, 0.15) is 0 Å². The smallest absolute Gasteiger partial charge is 0.334 e. The Kier molecular flexibility index (Phi) is 3.14. The molecule has 76 valence electrons. The number of amides is 2. The van der Waals surface area contributed by atoms with Crippen LogP contribution in [0.1, 0.15) is 40.0 Å². The number of hydrogen-bond donors (Lipinski definition) is 2. The van der Waals surface area contributed by atoms with Crippen LogP contribution in [-0.2, 0) is 4.84 Å². The van der Waals surface area contributed by atoms with Gasteiger partial charge in [0.25, 0.3) is 0 Å². The first kappa shape index (κ1) is 10.3. The number of rotatable bonds is 2. The number of carbonyl (C=O) groups is 1. The zero-order valence-electron chi connectivity index (χ0n) is 8.52. The van der Waals surface area contributed by atoms with Crippen LogP contribution in [0.2, 0.25) is 0 Å². The topological polar surface area (TPSA) is 50.4 Å². The zero-order valence-corrected chi connectivity index (χ0v) is 8.52. The summed E-state index contributed by atoms with van der Waals surface area (Å²) in [5.74, 6) is 0. The van der Waals surface area contributed by atoms with Crippen molar-refractivity contribution in [1.82, 2.24) is 10.8 Å². The average Bonchev–Trinajstić information content (AvgIpc) is 1.91. The molecule has 0 saturated heterocycles. The van der Waals surface area contributed by atoms with Crippen LogP contribution in [0.25, 0.3) is 0 Å². The van der Waals surface area contributed by atoms with Crippen molar-refractivity contribution in [3.8, 4) is 0 Å². The third kappa shape index (κ3) is 4.12. The van der Waals surface area contributed by atoms with Gasteiger partial charge in [-0.25, -0.2) is 10.3 Å². The van der Waals surface area contributed by atoms with Gasteiger partial charge in [-0.2, -0.15) is 0 Å². The summed E-state index contributed by atoms with van der Waals surface area (Å²) in [5, 5.41) is 2.81. The van der Waals surface area contributed by atoms with Crippen LogP contribution >= 0.6 is 0 Å². The Morgan fingerprint density at radius 1 is 1.38 bits per heavy atom. The molecule has 0 aromatic heterocycles. The number of hydrogen-bond acceptors (Lipinski definition) is 2. The van der Waals surface area contributed by atoms with Crippen molar-refractivity contribution in [2.24, 2.45) is 0 Å². The van der Waals surface area contributed by atoms with Gasteiger partial charge in [0.2, 0.25) is 0 Å². The van der Waals surface area contributed by atoms with Crippen LogP contribution in [0.4, 0.5) is 4.79 Å². The molecule has 2 N–H and O–H groups in total. The van der Waals surface area contributed by atoms with E-state index >= 15 is 0 Å². The molecule has 1 rings (SSSR count). The first-order valence-corrected chi connectivity index (χ1v) is 4.72. The van der Waals surface area contributed by atoms with E-state index < -0.39 is 0 Å². The van der Waals surface area contributed by atoms with Gasteiger partial charge in [0.15, 0.2) is 0 Å². The van der Waals surface area contributed by atoms with Crippen LogP contribution in [0.5, 0.6) is 0 Å². The molecule has 0 aromatic rings. The molecule has 1 saturated carbocycles. The molecule has 0 spiro atoms. The minimum Gasteiger partial charge on any atom is -0.334 e. The summed E-state index contributed by atoms with van der Waals surface area (Å²) in [7, 11) is 0. The molecule has 0 aliphatic heterocycles. The maximum atomic E-state index is 11.1. The van der Waals surface area contributed by atoms with Gasteiger partial charge in [-0.05, 0) is 40.0 Å². The van der Waals surface area contributed by atoms with Crippen molar-refractivity contribution >= 4 is 6.03 Å². The number of carbonyl (C=O) groups excluding carboxylic acids is 1. The Bertz CT molecular complexity index is 183. The standard InChI is InChI=1S/C9H18N2O2/c1-9(2,3)13-11-8(12)10-7-5-4-6-7/h7H,4-6H2,1-3H3,(H2,10,11,12). The number of nitrogens with one attached hydrogen (secondary N) is 2. The largest absolute Gasteiger partial charge is 0.338 e. The quantitative estimate of drug-likeness (QED) is 0.643. The summed E-state index contributed by atoms with van der Waals surface area (Å²) in [6.45, 7) is 5.66. The first-order chi connectivity index (χ1) is 5.97. The summed E-state index contributed by atoms with van der Waals surface area (Å²) in [6.07, 6.45) is 3.39. The van der Waals surface area contributed by atoms with E-state index in [2.05, 4.69) is 10.8 Å². The second-order valence-electron chi connectivity index (χ2n) is 4.42. The zero-order chi connectivity index (χ0) is 9.90. The van der Waals surface area contributed by atoms with Gasteiger partial charge in [-0.1, -0.05) is 0 Å². The number of urea groups is 1. The van der Waals surface area contributed by atoms with Crippen molar-refractivity contribution in [3.63, 3.8) is 0 Å². The normalized spacial score (nSPS) is 17.8. The number of hydroxylamine groups is 1.